The van der Waals surface area contributed by atoms with Gasteiger partial charge in [0.15, 0.2) is 0 Å². The molecule has 0 aromatic heterocycles. The Morgan fingerprint density at radius 3 is 2.62 bits per heavy atom. The minimum Gasteiger partial charge on any atom is -0.444 e. The molecule has 0 unspecified atom stereocenters. The number of amides is 2. The Balaban J connectivity index is 1.79. The van der Waals surface area contributed by atoms with E-state index in [0.29, 0.717) is 37.2 Å². The number of nitrogens with zero attached hydrogens (tertiary/aromatic N) is 1. The van der Waals surface area contributed by atoms with Gasteiger partial charge >= 0.3 is 12.2 Å². The number of rotatable bonds is 0. The lowest BCUT2D eigenvalue weighted by Crippen LogP contribution is -2.50. The molecule has 2 heterocycles. The van der Waals surface area contributed by atoms with Crippen LogP contribution < -0.4 is 5.32 Å². The van der Waals surface area contributed by atoms with E-state index in [1.807, 2.05) is 20.8 Å². The van der Waals surface area contributed by atoms with Gasteiger partial charge in [-0.15, -0.1) is 0 Å². The number of ether oxygens (including phenoxy) is 2. The SMILES string of the molecule is CC(C)(C)OC(=O)N1CCC2(CC1)OC(=O)Nc1ccc(F)cc12. The summed E-state index contributed by atoms with van der Waals surface area (Å²) in [4.78, 5) is 25.6. The lowest BCUT2D eigenvalue weighted by atomic mass is 9.82. The van der Waals surface area contributed by atoms with Crippen molar-refractivity contribution in [3.05, 3.63) is 29.6 Å². The average Bonchev–Trinajstić information content (AvgIpc) is 2.47. The van der Waals surface area contributed by atoms with Crippen LogP contribution in [0.5, 0.6) is 0 Å². The van der Waals surface area contributed by atoms with E-state index in [1.54, 1.807) is 4.90 Å². The number of piperidine rings is 1. The minimum atomic E-state index is -0.904. The molecule has 2 aliphatic heterocycles. The molecule has 0 aliphatic carbocycles. The van der Waals surface area contributed by atoms with Crippen molar-refractivity contribution in [3.8, 4) is 0 Å². The molecule has 24 heavy (non-hydrogen) atoms. The third-order valence-electron chi connectivity index (χ3n) is 4.22. The van der Waals surface area contributed by atoms with E-state index in [4.69, 9.17) is 9.47 Å². The molecule has 2 aliphatic rings. The normalized spacial score (nSPS) is 19.3. The van der Waals surface area contributed by atoms with Crippen LogP contribution in [0, 0.1) is 5.82 Å². The molecular weight excluding hydrogens is 315 g/mol. The number of likely N-dealkylation sites (tertiary alicyclic amines) is 1. The molecule has 1 saturated heterocycles. The Bertz CT molecular complexity index is 676. The largest absolute Gasteiger partial charge is 0.444 e. The highest BCUT2D eigenvalue weighted by Gasteiger charge is 2.45. The van der Waals surface area contributed by atoms with Crippen LogP contribution in [0.25, 0.3) is 0 Å². The number of carbonyl (C=O) groups is 2. The van der Waals surface area contributed by atoms with Crippen molar-refractivity contribution in [1.29, 1.82) is 0 Å². The molecule has 0 atom stereocenters. The molecule has 1 aromatic rings. The van der Waals surface area contributed by atoms with Crippen molar-refractivity contribution < 1.29 is 23.5 Å². The Labute approximate surface area is 139 Å². The topological polar surface area (TPSA) is 67.9 Å². The van der Waals surface area contributed by atoms with Gasteiger partial charge in [-0.3, -0.25) is 5.32 Å². The summed E-state index contributed by atoms with van der Waals surface area (Å²) >= 11 is 0. The van der Waals surface area contributed by atoms with Crippen LogP contribution in [0.1, 0.15) is 39.2 Å². The highest BCUT2D eigenvalue weighted by molar-refractivity contribution is 5.88. The highest BCUT2D eigenvalue weighted by Crippen LogP contribution is 2.43. The minimum absolute atomic E-state index is 0.373. The first-order chi connectivity index (χ1) is 11.2. The van der Waals surface area contributed by atoms with Crippen molar-refractivity contribution >= 4 is 17.9 Å². The van der Waals surface area contributed by atoms with Gasteiger partial charge in [0, 0.05) is 31.5 Å². The van der Waals surface area contributed by atoms with Gasteiger partial charge in [0.25, 0.3) is 0 Å². The third kappa shape index (κ3) is 3.16. The number of halogens is 1. The lowest BCUT2D eigenvalue weighted by Gasteiger charge is -2.44. The van der Waals surface area contributed by atoms with Crippen LogP contribution in [0.15, 0.2) is 18.2 Å². The van der Waals surface area contributed by atoms with Gasteiger partial charge in [0.2, 0.25) is 0 Å². The molecule has 0 radical (unpaired) electrons. The number of nitrogens with one attached hydrogen (secondary N) is 1. The van der Waals surface area contributed by atoms with E-state index in [9.17, 15) is 14.0 Å². The molecule has 6 nitrogen and oxygen atoms in total. The van der Waals surface area contributed by atoms with Crippen molar-refractivity contribution in [2.45, 2.75) is 44.8 Å². The fourth-order valence-electron chi connectivity index (χ4n) is 3.12. The van der Waals surface area contributed by atoms with E-state index < -0.39 is 23.4 Å². The van der Waals surface area contributed by atoms with Crippen LogP contribution >= 0.6 is 0 Å². The summed E-state index contributed by atoms with van der Waals surface area (Å²) in [5, 5.41) is 2.59. The zero-order chi connectivity index (χ0) is 17.5. The van der Waals surface area contributed by atoms with Crippen LogP contribution in [0.4, 0.5) is 19.7 Å². The number of anilines is 1. The standard InChI is InChI=1S/C17H21FN2O4/c1-16(2,3)24-15(22)20-8-6-17(7-9-20)12-10-11(18)4-5-13(12)19-14(21)23-17/h4-5,10H,6-9H2,1-3H3,(H,19,21). The highest BCUT2D eigenvalue weighted by atomic mass is 19.1. The molecular formula is C17H21FN2O4. The summed E-state index contributed by atoms with van der Waals surface area (Å²) in [6, 6.07) is 4.22. The maximum atomic E-state index is 13.7. The van der Waals surface area contributed by atoms with E-state index in [0.717, 1.165) is 0 Å². The van der Waals surface area contributed by atoms with Gasteiger partial charge in [-0.2, -0.15) is 0 Å². The first-order valence-electron chi connectivity index (χ1n) is 7.96. The van der Waals surface area contributed by atoms with E-state index >= 15 is 0 Å². The predicted molar refractivity (Wildman–Crippen MR) is 85.2 cm³/mol. The molecule has 0 bridgehead atoms. The number of hydrogen-bond donors (Lipinski definition) is 1. The Morgan fingerprint density at radius 2 is 2.00 bits per heavy atom. The molecule has 1 spiro atoms. The van der Waals surface area contributed by atoms with Crippen molar-refractivity contribution in [1.82, 2.24) is 4.90 Å². The second-order valence-electron chi connectivity index (χ2n) is 7.17. The Kier molecular flexibility index (Phi) is 3.89. The zero-order valence-electron chi connectivity index (χ0n) is 14.0. The summed E-state index contributed by atoms with van der Waals surface area (Å²) < 4.78 is 24.6. The Morgan fingerprint density at radius 1 is 1.33 bits per heavy atom. The lowest BCUT2D eigenvalue weighted by molar-refractivity contribution is -0.0440. The number of hydrogen-bond acceptors (Lipinski definition) is 4. The smallest absolute Gasteiger partial charge is 0.412 e. The fraction of sp³-hybridized carbons (Fsp3) is 0.529. The van der Waals surface area contributed by atoms with E-state index in [1.165, 1.54) is 18.2 Å². The molecule has 1 fully saturated rings. The van der Waals surface area contributed by atoms with Gasteiger partial charge in [0.05, 0.1) is 5.69 Å². The first kappa shape index (κ1) is 16.5. The van der Waals surface area contributed by atoms with Gasteiger partial charge in [-0.25, -0.2) is 14.0 Å². The summed E-state index contributed by atoms with van der Waals surface area (Å²) in [5.41, 5.74) is -0.300. The molecule has 3 rings (SSSR count). The van der Waals surface area contributed by atoms with Crippen LogP contribution in [-0.4, -0.2) is 35.8 Å². The summed E-state index contributed by atoms with van der Waals surface area (Å²) in [7, 11) is 0. The second-order valence-corrected chi connectivity index (χ2v) is 7.17. The van der Waals surface area contributed by atoms with Crippen LogP contribution in [0.2, 0.25) is 0 Å². The summed E-state index contributed by atoms with van der Waals surface area (Å²) in [6.07, 6.45) is -0.149. The number of fused-ring (bicyclic) bond motifs is 2. The van der Waals surface area contributed by atoms with Gasteiger partial charge in [-0.05, 0) is 39.0 Å². The fourth-order valence-corrected chi connectivity index (χ4v) is 3.12. The second kappa shape index (κ2) is 5.65. The van der Waals surface area contributed by atoms with Gasteiger partial charge in [0.1, 0.15) is 17.0 Å². The van der Waals surface area contributed by atoms with E-state index in [2.05, 4.69) is 5.32 Å². The predicted octanol–water partition coefficient (Wildman–Crippen LogP) is 3.61. The molecule has 0 saturated carbocycles. The maximum Gasteiger partial charge on any atom is 0.412 e. The zero-order valence-corrected chi connectivity index (χ0v) is 14.0. The third-order valence-corrected chi connectivity index (χ3v) is 4.22. The number of carbonyl (C=O) groups excluding carboxylic acids is 2. The Hall–Kier alpha value is -2.31. The molecule has 2 amide bonds. The molecule has 1 aromatic carbocycles. The van der Waals surface area contributed by atoms with Crippen molar-refractivity contribution in [3.63, 3.8) is 0 Å². The van der Waals surface area contributed by atoms with Gasteiger partial charge < -0.3 is 14.4 Å². The summed E-state index contributed by atoms with van der Waals surface area (Å²) in [5.74, 6) is -0.387. The van der Waals surface area contributed by atoms with Crippen molar-refractivity contribution in [2.75, 3.05) is 18.4 Å². The van der Waals surface area contributed by atoms with Crippen LogP contribution in [-0.2, 0) is 15.1 Å². The quantitative estimate of drug-likeness (QED) is 0.786. The maximum absolute atomic E-state index is 13.7. The van der Waals surface area contributed by atoms with Crippen LogP contribution in [0.3, 0.4) is 0 Å². The van der Waals surface area contributed by atoms with Crippen molar-refractivity contribution in [2.24, 2.45) is 0 Å². The molecule has 130 valence electrons. The average molecular weight is 336 g/mol. The van der Waals surface area contributed by atoms with Gasteiger partial charge in [-0.1, -0.05) is 0 Å². The summed E-state index contributed by atoms with van der Waals surface area (Å²) in [6.45, 7) is 6.17. The molecule has 7 heteroatoms. The molecule has 1 N–H and O–H groups in total. The first-order valence-corrected chi connectivity index (χ1v) is 7.96. The van der Waals surface area contributed by atoms with E-state index in [-0.39, 0.29) is 5.82 Å². The number of benzene rings is 1. The monoisotopic (exact) mass is 336 g/mol.